The first-order valence-corrected chi connectivity index (χ1v) is 8.12. The predicted octanol–water partition coefficient (Wildman–Crippen LogP) is 3.49. The van der Waals surface area contributed by atoms with E-state index in [1.165, 1.54) is 6.07 Å². The first-order valence-electron chi connectivity index (χ1n) is 8.12. The molecule has 1 amide bonds. The maximum absolute atomic E-state index is 13.9. The molecule has 0 radical (unpaired) electrons. The van der Waals surface area contributed by atoms with Crippen molar-refractivity contribution >= 4 is 16.7 Å². The molecular weight excluding hydrogens is 305 g/mol. The Hall–Kier alpha value is -2.69. The van der Waals surface area contributed by atoms with Gasteiger partial charge in [0, 0.05) is 35.4 Å². The van der Waals surface area contributed by atoms with E-state index in [1.54, 1.807) is 24.5 Å². The van der Waals surface area contributed by atoms with Crippen molar-refractivity contribution in [1.82, 2.24) is 15.3 Å². The molecule has 2 aromatic heterocycles. The molecule has 0 unspecified atom stereocenters. The number of hydrogen-bond acceptors (Lipinski definition) is 2. The summed E-state index contributed by atoms with van der Waals surface area (Å²) in [6, 6.07) is 5.29. The fraction of sp³-hybridized carbons (Fsp3) is 0.263. The van der Waals surface area contributed by atoms with Gasteiger partial charge in [-0.2, -0.15) is 0 Å². The summed E-state index contributed by atoms with van der Waals surface area (Å²) in [5, 5.41) is 4.37. The highest BCUT2D eigenvalue weighted by Gasteiger charge is 2.25. The Balaban J connectivity index is 1.65. The van der Waals surface area contributed by atoms with Crippen LogP contribution in [-0.2, 0) is 6.42 Å². The lowest BCUT2D eigenvalue weighted by Crippen LogP contribution is -2.26. The highest BCUT2D eigenvalue weighted by atomic mass is 19.1. The number of carbonyl (C=O) groups is 1. The Morgan fingerprint density at radius 2 is 2.12 bits per heavy atom. The van der Waals surface area contributed by atoms with Gasteiger partial charge in [0.15, 0.2) is 0 Å². The van der Waals surface area contributed by atoms with E-state index in [0.29, 0.717) is 23.5 Å². The molecule has 1 aromatic carbocycles. The SMILES string of the molecule is Cc1c(Cc2ccc(F)c3ccncc23)c[nH]c1C(=O)NC1CC1. The lowest BCUT2D eigenvalue weighted by atomic mass is 9.98. The normalized spacial score (nSPS) is 14.1. The molecule has 0 spiro atoms. The summed E-state index contributed by atoms with van der Waals surface area (Å²) < 4.78 is 13.9. The molecule has 1 aliphatic carbocycles. The minimum atomic E-state index is -0.244. The lowest BCUT2D eigenvalue weighted by molar-refractivity contribution is 0.0946. The van der Waals surface area contributed by atoms with E-state index in [9.17, 15) is 9.18 Å². The van der Waals surface area contributed by atoms with E-state index >= 15 is 0 Å². The molecule has 2 N–H and O–H groups in total. The zero-order chi connectivity index (χ0) is 16.7. The molecule has 4 rings (SSSR count). The van der Waals surface area contributed by atoms with E-state index < -0.39 is 0 Å². The molecule has 1 fully saturated rings. The van der Waals surface area contributed by atoms with Crippen molar-refractivity contribution in [3.63, 3.8) is 0 Å². The van der Waals surface area contributed by atoms with Crippen LogP contribution in [0, 0.1) is 12.7 Å². The summed E-state index contributed by atoms with van der Waals surface area (Å²) in [6.45, 7) is 1.94. The van der Waals surface area contributed by atoms with Crippen molar-refractivity contribution in [2.24, 2.45) is 0 Å². The van der Waals surface area contributed by atoms with Crippen molar-refractivity contribution < 1.29 is 9.18 Å². The van der Waals surface area contributed by atoms with Gasteiger partial charge < -0.3 is 10.3 Å². The van der Waals surface area contributed by atoms with E-state index in [0.717, 1.165) is 34.9 Å². The number of amides is 1. The number of benzene rings is 1. The molecule has 3 aromatic rings. The Kier molecular flexibility index (Phi) is 3.56. The zero-order valence-corrected chi connectivity index (χ0v) is 13.4. The van der Waals surface area contributed by atoms with E-state index in [-0.39, 0.29) is 11.7 Å². The zero-order valence-electron chi connectivity index (χ0n) is 13.4. The van der Waals surface area contributed by atoms with Crippen LogP contribution in [0.25, 0.3) is 10.8 Å². The fourth-order valence-corrected chi connectivity index (χ4v) is 3.01. The average Bonchev–Trinajstić information content (AvgIpc) is 3.33. The molecule has 4 nitrogen and oxygen atoms in total. The van der Waals surface area contributed by atoms with Crippen molar-refractivity contribution in [3.8, 4) is 0 Å². The van der Waals surface area contributed by atoms with Gasteiger partial charge in [0.05, 0.1) is 0 Å². The molecule has 122 valence electrons. The van der Waals surface area contributed by atoms with Crippen LogP contribution in [0.2, 0.25) is 0 Å². The summed E-state index contributed by atoms with van der Waals surface area (Å²) in [6.07, 6.45) is 7.90. The average molecular weight is 323 g/mol. The number of halogens is 1. The van der Waals surface area contributed by atoms with Gasteiger partial charge in [-0.25, -0.2) is 4.39 Å². The van der Waals surface area contributed by atoms with Crippen LogP contribution in [0.15, 0.2) is 36.8 Å². The van der Waals surface area contributed by atoms with Crippen molar-refractivity contribution in [1.29, 1.82) is 0 Å². The predicted molar refractivity (Wildman–Crippen MR) is 90.5 cm³/mol. The van der Waals surface area contributed by atoms with Crippen LogP contribution < -0.4 is 5.32 Å². The van der Waals surface area contributed by atoms with Crippen molar-refractivity contribution in [2.75, 3.05) is 0 Å². The summed E-state index contributed by atoms with van der Waals surface area (Å²) in [5.74, 6) is -0.293. The van der Waals surface area contributed by atoms with Crippen molar-refractivity contribution in [2.45, 2.75) is 32.2 Å². The Labute approximate surface area is 139 Å². The second kappa shape index (κ2) is 5.74. The number of H-pyrrole nitrogens is 1. The molecular formula is C19H18FN3O. The summed E-state index contributed by atoms with van der Waals surface area (Å²) >= 11 is 0. The van der Waals surface area contributed by atoms with Crippen LogP contribution in [-0.4, -0.2) is 21.9 Å². The molecule has 1 saturated carbocycles. The first kappa shape index (κ1) is 14.9. The number of pyridine rings is 1. The van der Waals surface area contributed by atoms with Crippen LogP contribution in [0.5, 0.6) is 0 Å². The second-order valence-electron chi connectivity index (χ2n) is 6.37. The van der Waals surface area contributed by atoms with Crippen molar-refractivity contribution in [3.05, 3.63) is 65.0 Å². The lowest BCUT2D eigenvalue weighted by Gasteiger charge is -2.07. The van der Waals surface area contributed by atoms with Crippen LogP contribution in [0.3, 0.4) is 0 Å². The third kappa shape index (κ3) is 2.66. The van der Waals surface area contributed by atoms with Gasteiger partial charge in [0.1, 0.15) is 11.5 Å². The number of aromatic amines is 1. The quantitative estimate of drug-likeness (QED) is 0.772. The molecule has 0 aliphatic heterocycles. The van der Waals surface area contributed by atoms with Gasteiger partial charge in [-0.05, 0) is 55.0 Å². The highest BCUT2D eigenvalue weighted by Crippen LogP contribution is 2.25. The fourth-order valence-electron chi connectivity index (χ4n) is 3.01. The minimum absolute atomic E-state index is 0.0492. The Morgan fingerprint density at radius 1 is 1.29 bits per heavy atom. The van der Waals surface area contributed by atoms with Crippen LogP contribution >= 0.6 is 0 Å². The standard InChI is InChI=1S/C19H18FN3O/c1-11-13(9-22-18(11)19(24)23-14-3-4-14)8-12-2-5-17(20)15-6-7-21-10-16(12)15/h2,5-7,9-10,14,22H,3-4,8H2,1H3,(H,23,24). The van der Waals surface area contributed by atoms with Gasteiger partial charge in [-0.3, -0.25) is 9.78 Å². The number of nitrogens with one attached hydrogen (secondary N) is 2. The van der Waals surface area contributed by atoms with Gasteiger partial charge in [-0.1, -0.05) is 6.07 Å². The number of rotatable bonds is 4. The van der Waals surface area contributed by atoms with Crippen LogP contribution in [0.1, 0.15) is 40.0 Å². The second-order valence-corrected chi connectivity index (χ2v) is 6.37. The summed E-state index contributed by atoms with van der Waals surface area (Å²) in [5.41, 5.74) is 3.58. The third-order valence-corrected chi connectivity index (χ3v) is 4.62. The van der Waals surface area contributed by atoms with Gasteiger partial charge in [-0.15, -0.1) is 0 Å². The van der Waals surface area contributed by atoms with E-state index in [4.69, 9.17) is 0 Å². The molecule has 2 heterocycles. The summed E-state index contributed by atoms with van der Waals surface area (Å²) in [4.78, 5) is 19.4. The monoisotopic (exact) mass is 323 g/mol. The molecule has 0 atom stereocenters. The molecule has 0 bridgehead atoms. The third-order valence-electron chi connectivity index (χ3n) is 4.62. The van der Waals surface area contributed by atoms with Gasteiger partial charge in [0.2, 0.25) is 0 Å². The first-order chi connectivity index (χ1) is 11.6. The van der Waals surface area contributed by atoms with E-state index in [2.05, 4.69) is 15.3 Å². The van der Waals surface area contributed by atoms with Crippen LogP contribution in [0.4, 0.5) is 4.39 Å². The smallest absolute Gasteiger partial charge is 0.268 e. The topological polar surface area (TPSA) is 57.8 Å². The maximum atomic E-state index is 13.9. The maximum Gasteiger partial charge on any atom is 0.268 e. The molecule has 5 heteroatoms. The molecule has 24 heavy (non-hydrogen) atoms. The van der Waals surface area contributed by atoms with E-state index in [1.807, 2.05) is 13.1 Å². The molecule has 1 aliphatic rings. The largest absolute Gasteiger partial charge is 0.357 e. The van der Waals surface area contributed by atoms with Gasteiger partial charge in [0.25, 0.3) is 5.91 Å². The Bertz CT molecular complexity index is 928. The number of nitrogens with zero attached hydrogens (tertiary/aromatic N) is 1. The number of fused-ring (bicyclic) bond motifs is 1. The summed E-state index contributed by atoms with van der Waals surface area (Å²) in [7, 11) is 0. The molecule has 0 saturated heterocycles. The minimum Gasteiger partial charge on any atom is -0.357 e. The van der Waals surface area contributed by atoms with Gasteiger partial charge >= 0.3 is 0 Å². The highest BCUT2D eigenvalue weighted by molar-refractivity contribution is 5.94. The number of hydrogen-bond donors (Lipinski definition) is 2. The number of carbonyl (C=O) groups excluding carboxylic acids is 1. The Morgan fingerprint density at radius 3 is 2.92 bits per heavy atom. The number of aromatic nitrogens is 2.